The summed E-state index contributed by atoms with van der Waals surface area (Å²) in [7, 11) is 1.65. The number of hydrogen-bond donors (Lipinski definition) is 1. The fourth-order valence-electron chi connectivity index (χ4n) is 3.11. The van der Waals surface area contributed by atoms with Gasteiger partial charge in [0.1, 0.15) is 5.82 Å². The molecule has 0 saturated carbocycles. The lowest BCUT2D eigenvalue weighted by molar-refractivity contribution is -0.128. The van der Waals surface area contributed by atoms with Crippen molar-refractivity contribution in [2.24, 2.45) is 0 Å². The van der Waals surface area contributed by atoms with E-state index >= 15 is 0 Å². The molecule has 1 saturated heterocycles. The van der Waals surface area contributed by atoms with Crippen molar-refractivity contribution in [3.05, 3.63) is 17.5 Å². The van der Waals surface area contributed by atoms with E-state index < -0.39 is 0 Å². The van der Waals surface area contributed by atoms with Gasteiger partial charge in [-0.15, -0.1) is 0 Å². The van der Waals surface area contributed by atoms with Gasteiger partial charge in [-0.05, 0) is 0 Å². The van der Waals surface area contributed by atoms with Gasteiger partial charge in [0.15, 0.2) is 0 Å². The number of methoxy groups -OCH3 is 1. The molecule has 1 N–H and O–H groups in total. The van der Waals surface area contributed by atoms with Gasteiger partial charge in [-0.25, -0.2) is 4.98 Å². The summed E-state index contributed by atoms with van der Waals surface area (Å²) in [5.74, 6) is 0.705. The minimum absolute atomic E-state index is 0.00493. The first-order chi connectivity index (χ1) is 13.7. The highest BCUT2D eigenvalue weighted by molar-refractivity contribution is 7.09. The van der Waals surface area contributed by atoms with Crippen LogP contribution in [0.4, 0.5) is 5.13 Å². The molecule has 0 aromatic carbocycles. The minimum Gasteiger partial charge on any atom is -0.384 e. The fraction of sp³-hybridized carbons (Fsp3) is 0.667. The molecular formula is C18H27N5O4S. The van der Waals surface area contributed by atoms with Crippen LogP contribution in [0.2, 0.25) is 0 Å². The maximum Gasteiger partial charge on any atom is 0.249 e. The maximum atomic E-state index is 12.9. The molecule has 0 radical (unpaired) electrons. The average molecular weight is 410 g/mol. The van der Waals surface area contributed by atoms with E-state index in [1.54, 1.807) is 12.0 Å². The van der Waals surface area contributed by atoms with Crippen LogP contribution in [-0.2, 0) is 25.5 Å². The Morgan fingerprint density at radius 1 is 1.32 bits per heavy atom. The molecular weight excluding hydrogens is 382 g/mol. The fourth-order valence-corrected chi connectivity index (χ4v) is 3.87. The number of carbonyl (C=O) groups excluding carboxylic acids is 2. The summed E-state index contributed by atoms with van der Waals surface area (Å²) in [5, 5.41) is 3.72. The van der Waals surface area contributed by atoms with Gasteiger partial charge in [-0.2, -0.15) is 4.37 Å². The monoisotopic (exact) mass is 409 g/mol. The van der Waals surface area contributed by atoms with Crippen molar-refractivity contribution in [1.29, 1.82) is 0 Å². The smallest absolute Gasteiger partial charge is 0.249 e. The summed E-state index contributed by atoms with van der Waals surface area (Å²) in [6, 6.07) is 0. The van der Waals surface area contributed by atoms with Crippen LogP contribution in [0.15, 0.2) is 11.6 Å². The Morgan fingerprint density at radius 2 is 2.21 bits per heavy atom. The van der Waals surface area contributed by atoms with Crippen LogP contribution in [0.25, 0.3) is 0 Å². The average Bonchev–Trinajstić information content (AvgIpc) is 3.20. The molecule has 1 fully saturated rings. The molecule has 10 heteroatoms. The normalized spacial score (nSPS) is 19.2. The first kappa shape index (κ1) is 20.7. The molecule has 154 valence electrons. The van der Waals surface area contributed by atoms with Crippen LogP contribution in [0.5, 0.6) is 0 Å². The molecule has 0 bridgehead atoms. The van der Waals surface area contributed by atoms with Crippen molar-refractivity contribution < 1.29 is 19.1 Å². The summed E-state index contributed by atoms with van der Waals surface area (Å²) in [4.78, 5) is 33.4. The molecule has 3 heterocycles. The molecule has 0 spiro atoms. The molecule has 3 rings (SSSR count). The van der Waals surface area contributed by atoms with Crippen molar-refractivity contribution in [3.8, 4) is 0 Å². The van der Waals surface area contributed by atoms with Gasteiger partial charge in [0.05, 0.1) is 19.8 Å². The highest BCUT2D eigenvalue weighted by atomic mass is 32.1. The number of carbonyl (C=O) groups is 2. The highest BCUT2D eigenvalue weighted by Crippen LogP contribution is 2.18. The predicted octanol–water partition coefficient (Wildman–Crippen LogP) is 0.229. The summed E-state index contributed by atoms with van der Waals surface area (Å²) < 4.78 is 14.8. The second kappa shape index (κ2) is 10.5. The molecule has 0 unspecified atom stereocenters. The maximum absolute atomic E-state index is 12.9. The highest BCUT2D eigenvalue weighted by Gasteiger charge is 2.23. The summed E-state index contributed by atoms with van der Waals surface area (Å²) >= 11 is 1.34. The lowest BCUT2D eigenvalue weighted by Gasteiger charge is -2.30. The zero-order valence-electron chi connectivity index (χ0n) is 16.2. The Morgan fingerprint density at radius 3 is 3.00 bits per heavy atom. The second-order valence-corrected chi connectivity index (χ2v) is 7.40. The van der Waals surface area contributed by atoms with Gasteiger partial charge in [0, 0.05) is 76.2 Å². The Labute approximate surface area is 168 Å². The van der Waals surface area contributed by atoms with Crippen molar-refractivity contribution >= 4 is 28.5 Å². The molecule has 2 aliphatic heterocycles. The summed E-state index contributed by atoms with van der Waals surface area (Å²) in [6.07, 6.45) is 3.44. The second-order valence-electron chi connectivity index (χ2n) is 6.67. The third kappa shape index (κ3) is 5.73. The van der Waals surface area contributed by atoms with Crippen molar-refractivity contribution in [2.75, 3.05) is 64.6 Å². The number of nitrogens with one attached hydrogen (secondary N) is 1. The van der Waals surface area contributed by atoms with E-state index in [1.807, 2.05) is 6.08 Å². The van der Waals surface area contributed by atoms with Gasteiger partial charge in [-0.1, -0.05) is 6.08 Å². The molecule has 2 amide bonds. The zero-order chi connectivity index (χ0) is 19.8. The Hall–Kier alpha value is -2.04. The van der Waals surface area contributed by atoms with Gasteiger partial charge >= 0.3 is 0 Å². The Balaban J connectivity index is 1.69. The molecule has 2 aliphatic rings. The van der Waals surface area contributed by atoms with E-state index in [-0.39, 0.29) is 11.8 Å². The van der Waals surface area contributed by atoms with Crippen LogP contribution in [0.1, 0.15) is 18.7 Å². The summed E-state index contributed by atoms with van der Waals surface area (Å²) in [6.45, 7) is 4.37. The SMILES string of the molecule is COCCc1nsc(N2CCNC(=O)CCN(C(=O)C3=CCOCC3)CC2)n1. The number of amides is 2. The van der Waals surface area contributed by atoms with Gasteiger partial charge in [0.25, 0.3) is 0 Å². The van der Waals surface area contributed by atoms with Gasteiger partial charge in [0.2, 0.25) is 16.9 Å². The van der Waals surface area contributed by atoms with E-state index in [4.69, 9.17) is 9.47 Å². The van der Waals surface area contributed by atoms with Crippen LogP contribution in [-0.4, -0.2) is 85.7 Å². The zero-order valence-corrected chi connectivity index (χ0v) is 17.0. The van der Waals surface area contributed by atoms with E-state index in [2.05, 4.69) is 19.6 Å². The minimum atomic E-state index is -0.0429. The van der Waals surface area contributed by atoms with E-state index in [1.165, 1.54) is 11.5 Å². The lowest BCUT2D eigenvalue weighted by Crippen LogP contribution is -2.45. The Bertz CT molecular complexity index is 708. The quantitative estimate of drug-likeness (QED) is 0.743. The van der Waals surface area contributed by atoms with E-state index in [0.29, 0.717) is 71.8 Å². The van der Waals surface area contributed by atoms with Crippen molar-refractivity contribution in [3.63, 3.8) is 0 Å². The molecule has 28 heavy (non-hydrogen) atoms. The number of nitrogens with zero attached hydrogens (tertiary/aromatic N) is 4. The molecule has 1 aromatic rings. The number of anilines is 1. The Kier molecular flexibility index (Phi) is 7.75. The molecule has 9 nitrogen and oxygen atoms in total. The number of aromatic nitrogens is 2. The standard InChI is InChI=1S/C18H27N5O4S/c1-26-11-5-15-20-18(28-21-15)23-8-6-19-16(24)2-7-22(9-10-23)17(25)14-3-12-27-13-4-14/h3H,2,4-13H2,1H3,(H,19,24). The van der Waals surface area contributed by atoms with Gasteiger partial charge < -0.3 is 24.6 Å². The molecule has 0 aliphatic carbocycles. The summed E-state index contributed by atoms with van der Waals surface area (Å²) in [5.41, 5.74) is 0.771. The largest absolute Gasteiger partial charge is 0.384 e. The predicted molar refractivity (Wildman–Crippen MR) is 105 cm³/mol. The third-order valence-corrected chi connectivity index (χ3v) is 5.55. The lowest BCUT2D eigenvalue weighted by atomic mass is 10.1. The van der Waals surface area contributed by atoms with Crippen LogP contribution < -0.4 is 10.2 Å². The van der Waals surface area contributed by atoms with Crippen LogP contribution in [0, 0.1) is 0 Å². The molecule has 1 aromatic heterocycles. The molecule has 0 atom stereocenters. The first-order valence-electron chi connectivity index (χ1n) is 9.56. The number of rotatable bonds is 5. The van der Waals surface area contributed by atoms with Crippen molar-refractivity contribution in [2.45, 2.75) is 19.3 Å². The van der Waals surface area contributed by atoms with E-state index in [0.717, 1.165) is 16.5 Å². The topological polar surface area (TPSA) is 96.9 Å². The third-order valence-electron chi connectivity index (χ3n) is 4.74. The number of hydrogen-bond acceptors (Lipinski definition) is 8. The van der Waals surface area contributed by atoms with Crippen molar-refractivity contribution in [1.82, 2.24) is 19.6 Å². The first-order valence-corrected chi connectivity index (χ1v) is 10.3. The van der Waals surface area contributed by atoms with E-state index in [9.17, 15) is 9.59 Å². The van der Waals surface area contributed by atoms with Crippen LogP contribution in [0.3, 0.4) is 0 Å². The van der Waals surface area contributed by atoms with Gasteiger partial charge in [-0.3, -0.25) is 9.59 Å². The number of ether oxygens (including phenoxy) is 2. The van der Waals surface area contributed by atoms with Crippen LogP contribution >= 0.6 is 11.5 Å².